The van der Waals surface area contributed by atoms with Gasteiger partial charge in [-0.3, -0.25) is 9.59 Å². The summed E-state index contributed by atoms with van der Waals surface area (Å²) >= 11 is 1.49. The van der Waals surface area contributed by atoms with Crippen LogP contribution in [-0.2, 0) is 14.3 Å². The zero-order valence-corrected chi connectivity index (χ0v) is 12.7. The summed E-state index contributed by atoms with van der Waals surface area (Å²) in [4.78, 5) is 24.2. The molecule has 0 aromatic carbocycles. The second-order valence-corrected chi connectivity index (χ2v) is 6.26. The number of ether oxygens (including phenoxy) is 1. The number of aliphatic hydroxyl groups is 1. The molecule has 0 saturated carbocycles. The quantitative estimate of drug-likeness (QED) is 0.717. The van der Waals surface area contributed by atoms with Crippen molar-refractivity contribution in [2.45, 2.75) is 31.4 Å². The summed E-state index contributed by atoms with van der Waals surface area (Å²) in [5.74, 6) is -0.383. The van der Waals surface area contributed by atoms with E-state index in [2.05, 4.69) is 10.6 Å². The van der Waals surface area contributed by atoms with Gasteiger partial charge in [0.05, 0.1) is 19.1 Å². The Morgan fingerprint density at radius 2 is 2.38 bits per heavy atom. The van der Waals surface area contributed by atoms with Crippen molar-refractivity contribution in [1.82, 2.24) is 10.6 Å². The molecule has 2 amide bonds. The van der Waals surface area contributed by atoms with Crippen molar-refractivity contribution in [2.24, 2.45) is 0 Å². The normalized spacial score (nSPS) is 22.8. The minimum absolute atomic E-state index is 0.150. The van der Waals surface area contributed by atoms with E-state index < -0.39 is 5.60 Å². The predicted molar refractivity (Wildman–Crippen MR) is 78.9 cm³/mol. The van der Waals surface area contributed by atoms with E-state index in [0.29, 0.717) is 13.0 Å². The number of amides is 2. The maximum atomic E-state index is 12.0. The summed E-state index contributed by atoms with van der Waals surface area (Å²) in [6.45, 7) is 2.35. The highest BCUT2D eigenvalue weighted by atomic mass is 32.1. The molecule has 2 atom stereocenters. The molecule has 1 aliphatic heterocycles. The standard InChI is InChI=1S/C14H20N2O4S/c1-10(17)16-11(12-3-2-6-21-12)7-13(18)15-8-14(19)4-5-20-9-14/h2-3,6,11,19H,4-5,7-9H2,1H3,(H,15,18)(H,16,17). The fourth-order valence-corrected chi connectivity index (χ4v) is 2.99. The van der Waals surface area contributed by atoms with Gasteiger partial charge in [0.25, 0.3) is 0 Å². The molecule has 2 heterocycles. The lowest BCUT2D eigenvalue weighted by atomic mass is 10.0. The molecule has 3 N–H and O–H groups in total. The van der Waals surface area contributed by atoms with E-state index >= 15 is 0 Å². The van der Waals surface area contributed by atoms with Crippen LogP contribution in [0.2, 0.25) is 0 Å². The van der Waals surface area contributed by atoms with Gasteiger partial charge in [0, 0.05) is 31.4 Å². The van der Waals surface area contributed by atoms with Crippen LogP contribution in [0.25, 0.3) is 0 Å². The largest absolute Gasteiger partial charge is 0.386 e. The van der Waals surface area contributed by atoms with Gasteiger partial charge in [-0.1, -0.05) is 6.07 Å². The first-order valence-corrected chi connectivity index (χ1v) is 7.74. The average molecular weight is 312 g/mol. The summed E-state index contributed by atoms with van der Waals surface area (Å²) in [5.41, 5.74) is -0.970. The molecule has 6 nitrogen and oxygen atoms in total. The number of hydrogen-bond acceptors (Lipinski definition) is 5. The Bertz CT molecular complexity index is 483. The molecule has 0 bridgehead atoms. The maximum absolute atomic E-state index is 12.0. The van der Waals surface area contributed by atoms with Crippen LogP contribution in [0.15, 0.2) is 17.5 Å². The highest BCUT2D eigenvalue weighted by molar-refractivity contribution is 7.10. The highest BCUT2D eigenvalue weighted by Gasteiger charge is 2.32. The van der Waals surface area contributed by atoms with Crippen molar-refractivity contribution in [3.05, 3.63) is 22.4 Å². The van der Waals surface area contributed by atoms with E-state index in [1.165, 1.54) is 18.3 Å². The van der Waals surface area contributed by atoms with Crippen molar-refractivity contribution in [3.63, 3.8) is 0 Å². The number of carbonyl (C=O) groups excluding carboxylic acids is 2. The molecular weight excluding hydrogens is 292 g/mol. The third-order valence-corrected chi connectivity index (χ3v) is 4.34. The summed E-state index contributed by atoms with van der Waals surface area (Å²) in [6, 6.07) is 3.43. The Balaban J connectivity index is 1.87. The topological polar surface area (TPSA) is 87.7 Å². The van der Waals surface area contributed by atoms with E-state index in [-0.39, 0.29) is 37.4 Å². The molecule has 0 radical (unpaired) electrons. The molecule has 2 rings (SSSR count). The van der Waals surface area contributed by atoms with E-state index in [4.69, 9.17) is 4.74 Å². The molecule has 1 aromatic rings. The summed E-state index contributed by atoms with van der Waals surface area (Å²) in [6.07, 6.45) is 0.671. The third kappa shape index (κ3) is 4.80. The molecule has 1 aromatic heterocycles. The number of hydrogen-bond donors (Lipinski definition) is 3. The summed E-state index contributed by atoms with van der Waals surface area (Å²) in [5, 5.41) is 17.5. The first-order chi connectivity index (χ1) is 9.98. The number of carbonyl (C=O) groups is 2. The Kier molecular flexibility index (Phi) is 5.33. The zero-order chi connectivity index (χ0) is 15.3. The molecule has 2 unspecified atom stereocenters. The van der Waals surface area contributed by atoms with Gasteiger partial charge in [-0.15, -0.1) is 11.3 Å². The van der Waals surface area contributed by atoms with Crippen LogP contribution >= 0.6 is 11.3 Å². The van der Waals surface area contributed by atoms with E-state index in [0.717, 1.165) is 4.88 Å². The maximum Gasteiger partial charge on any atom is 0.222 e. The minimum atomic E-state index is -0.970. The predicted octanol–water partition coefficient (Wildman–Crippen LogP) is 0.583. The highest BCUT2D eigenvalue weighted by Crippen LogP contribution is 2.22. The van der Waals surface area contributed by atoms with Crippen LogP contribution in [0.4, 0.5) is 0 Å². The van der Waals surface area contributed by atoms with Gasteiger partial charge in [-0.2, -0.15) is 0 Å². The van der Waals surface area contributed by atoms with E-state index in [1.54, 1.807) is 0 Å². The van der Waals surface area contributed by atoms with E-state index in [9.17, 15) is 14.7 Å². The van der Waals surface area contributed by atoms with Crippen LogP contribution < -0.4 is 10.6 Å². The van der Waals surface area contributed by atoms with E-state index in [1.807, 2.05) is 17.5 Å². The molecule has 116 valence electrons. The van der Waals surface area contributed by atoms with Gasteiger partial charge in [-0.25, -0.2) is 0 Å². The van der Waals surface area contributed by atoms with Gasteiger partial charge >= 0.3 is 0 Å². The van der Waals surface area contributed by atoms with Crippen molar-refractivity contribution >= 4 is 23.2 Å². The second kappa shape index (κ2) is 7.02. The Labute approximate surface area is 127 Å². The molecular formula is C14H20N2O4S. The monoisotopic (exact) mass is 312 g/mol. The number of thiophene rings is 1. The fourth-order valence-electron chi connectivity index (χ4n) is 2.21. The SMILES string of the molecule is CC(=O)NC(CC(=O)NCC1(O)CCOC1)c1cccs1. The molecule has 0 spiro atoms. The van der Waals surface area contributed by atoms with Gasteiger partial charge in [-0.05, 0) is 11.4 Å². The lowest BCUT2D eigenvalue weighted by Crippen LogP contribution is -2.44. The molecule has 21 heavy (non-hydrogen) atoms. The molecule has 1 fully saturated rings. The molecule has 1 aliphatic rings. The smallest absolute Gasteiger partial charge is 0.222 e. The van der Waals surface area contributed by atoms with Crippen molar-refractivity contribution in [1.29, 1.82) is 0 Å². The van der Waals surface area contributed by atoms with Gasteiger partial charge in [0.15, 0.2) is 0 Å². The Morgan fingerprint density at radius 3 is 2.95 bits per heavy atom. The lowest BCUT2D eigenvalue weighted by molar-refractivity contribution is -0.123. The van der Waals surface area contributed by atoms with Crippen LogP contribution in [0.1, 0.15) is 30.7 Å². The van der Waals surface area contributed by atoms with Crippen LogP contribution in [-0.4, -0.2) is 42.3 Å². The number of rotatable bonds is 6. The summed E-state index contributed by atoms with van der Waals surface area (Å²) in [7, 11) is 0. The second-order valence-electron chi connectivity index (χ2n) is 5.28. The fraction of sp³-hybridized carbons (Fsp3) is 0.571. The minimum Gasteiger partial charge on any atom is -0.386 e. The first-order valence-electron chi connectivity index (χ1n) is 6.86. The Morgan fingerprint density at radius 1 is 1.57 bits per heavy atom. The molecule has 1 saturated heterocycles. The van der Waals surface area contributed by atoms with Crippen molar-refractivity contribution < 1.29 is 19.4 Å². The van der Waals surface area contributed by atoms with Gasteiger partial charge in [0.2, 0.25) is 11.8 Å². The first kappa shape index (κ1) is 15.9. The average Bonchev–Trinajstić information content (AvgIpc) is 3.07. The molecule has 7 heteroatoms. The van der Waals surface area contributed by atoms with Gasteiger partial charge in [0.1, 0.15) is 5.60 Å². The van der Waals surface area contributed by atoms with Crippen molar-refractivity contribution in [2.75, 3.05) is 19.8 Å². The van der Waals surface area contributed by atoms with Crippen LogP contribution in [0, 0.1) is 0 Å². The lowest BCUT2D eigenvalue weighted by Gasteiger charge is -2.22. The summed E-state index contributed by atoms with van der Waals surface area (Å²) < 4.78 is 5.13. The zero-order valence-electron chi connectivity index (χ0n) is 11.9. The van der Waals surface area contributed by atoms with Crippen LogP contribution in [0.3, 0.4) is 0 Å². The van der Waals surface area contributed by atoms with Crippen molar-refractivity contribution in [3.8, 4) is 0 Å². The third-order valence-electron chi connectivity index (χ3n) is 3.35. The Hall–Kier alpha value is -1.44. The molecule has 0 aliphatic carbocycles. The van der Waals surface area contributed by atoms with Gasteiger partial charge < -0.3 is 20.5 Å². The number of nitrogens with one attached hydrogen (secondary N) is 2. The van der Waals surface area contributed by atoms with Crippen LogP contribution in [0.5, 0.6) is 0 Å².